The summed E-state index contributed by atoms with van der Waals surface area (Å²) in [5.74, 6) is 0.702. The third-order valence-electron chi connectivity index (χ3n) is 5.62. The van der Waals surface area contributed by atoms with E-state index in [1.54, 1.807) is 0 Å². The standard InChI is InChI=1S/C17H34N2O/c1-6-10-18-16-14(7-9-17(16,3)4)19-11-8-13(2)15(12-19)20-5/h13-16,18H,6-12H2,1-5H3. The molecule has 0 aromatic rings. The first-order valence-corrected chi connectivity index (χ1v) is 8.49. The summed E-state index contributed by atoms with van der Waals surface area (Å²) in [7, 11) is 1.87. The summed E-state index contributed by atoms with van der Waals surface area (Å²) in [4.78, 5) is 2.70. The molecule has 0 radical (unpaired) electrons. The summed E-state index contributed by atoms with van der Waals surface area (Å²) in [5, 5.41) is 3.83. The van der Waals surface area contributed by atoms with Gasteiger partial charge in [-0.3, -0.25) is 4.90 Å². The Bertz CT molecular complexity index is 305. The number of hydrogen-bond acceptors (Lipinski definition) is 3. The molecule has 3 nitrogen and oxygen atoms in total. The van der Waals surface area contributed by atoms with Crippen molar-refractivity contribution in [3.63, 3.8) is 0 Å². The molecule has 1 heterocycles. The largest absolute Gasteiger partial charge is 0.380 e. The Labute approximate surface area is 125 Å². The molecule has 0 amide bonds. The Morgan fingerprint density at radius 2 is 2.05 bits per heavy atom. The molecule has 0 aromatic heterocycles. The summed E-state index contributed by atoms with van der Waals surface area (Å²) < 4.78 is 5.70. The number of rotatable bonds is 5. The second-order valence-corrected chi connectivity index (χ2v) is 7.56. The number of nitrogens with one attached hydrogen (secondary N) is 1. The molecule has 118 valence electrons. The van der Waals surface area contributed by atoms with Crippen LogP contribution < -0.4 is 5.32 Å². The quantitative estimate of drug-likeness (QED) is 0.839. The van der Waals surface area contributed by atoms with Gasteiger partial charge in [-0.05, 0) is 50.1 Å². The molecule has 3 heteroatoms. The maximum Gasteiger partial charge on any atom is 0.0724 e. The van der Waals surface area contributed by atoms with E-state index in [0.717, 1.165) is 13.1 Å². The Kier molecular flexibility index (Phi) is 5.49. The maximum atomic E-state index is 5.70. The fourth-order valence-corrected chi connectivity index (χ4v) is 4.13. The highest BCUT2D eigenvalue weighted by atomic mass is 16.5. The minimum absolute atomic E-state index is 0.416. The zero-order valence-corrected chi connectivity index (χ0v) is 14.1. The van der Waals surface area contributed by atoms with Crippen LogP contribution in [-0.2, 0) is 4.74 Å². The van der Waals surface area contributed by atoms with Crippen molar-refractivity contribution in [1.29, 1.82) is 0 Å². The van der Waals surface area contributed by atoms with E-state index in [-0.39, 0.29) is 0 Å². The van der Waals surface area contributed by atoms with Gasteiger partial charge < -0.3 is 10.1 Å². The predicted molar refractivity (Wildman–Crippen MR) is 85.0 cm³/mol. The molecule has 1 saturated heterocycles. The van der Waals surface area contributed by atoms with Crippen LogP contribution in [0.2, 0.25) is 0 Å². The molecule has 0 spiro atoms. The topological polar surface area (TPSA) is 24.5 Å². The van der Waals surface area contributed by atoms with Crippen LogP contribution in [-0.4, -0.2) is 49.8 Å². The number of nitrogens with zero attached hydrogens (tertiary/aromatic N) is 1. The molecule has 1 aliphatic carbocycles. The van der Waals surface area contributed by atoms with Crippen molar-refractivity contribution in [1.82, 2.24) is 10.2 Å². The number of hydrogen-bond donors (Lipinski definition) is 1. The van der Waals surface area contributed by atoms with E-state index >= 15 is 0 Å². The lowest BCUT2D eigenvalue weighted by Crippen LogP contribution is -2.56. The van der Waals surface area contributed by atoms with Crippen molar-refractivity contribution in [2.75, 3.05) is 26.7 Å². The van der Waals surface area contributed by atoms with Gasteiger partial charge >= 0.3 is 0 Å². The van der Waals surface area contributed by atoms with Crippen LogP contribution in [0.5, 0.6) is 0 Å². The van der Waals surface area contributed by atoms with Gasteiger partial charge in [-0.25, -0.2) is 0 Å². The average molecular weight is 282 g/mol. The predicted octanol–water partition coefficient (Wildman–Crippen LogP) is 2.90. The number of likely N-dealkylation sites (tertiary alicyclic amines) is 1. The third kappa shape index (κ3) is 3.37. The first-order valence-electron chi connectivity index (χ1n) is 8.49. The Morgan fingerprint density at radius 1 is 1.30 bits per heavy atom. The van der Waals surface area contributed by atoms with Gasteiger partial charge in [0.05, 0.1) is 6.10 Å². The van der Waals surface area contributed by atoms with Crippen molar-refractivity contribution in [2.24, 2.45) is 11.3 Å². The highest BCUT2D eigenvalue weighted by Crippen LogP contribution is 2.41. The van der Waals surface area contributed by atoms with Crippen molar-refractivity contribution in [3.05, 3.63) is 0 Å². The fraction of sp³-hybridized carbons (Fsp3) is 1.00. The molecular weight excluding hydrogens is 248 g/mol. The summed E-state index contributed by atoms with van der Waals surface area (Å²) in [5.41, 5.74) is 0.422. The van der Waals surface area contributed by atoms with Gasteiger partial charge in [-0.2, -0.15) is 0 Å². The molecule has 1 N–H and O–H groups in total. The van der Waals surface area contributed by atoms with E-state index in [0.29, 0.717) is 29.5 Å². The minimum atomic E-state index is 0.416. The van der Waals surface area contributed by atoms with E-state index in [9.17, 15) is 0 Å². The Balaban J connectivity index is 2.03. The van der Waals surface area contributed by atoms with Gasteiger partial charge in [0.15, 0.2) is 0 Å². The summed E-state index contributed by atoms with van der Waals surface area (Å²) in [6.45, 7) is 12.9. The molecule has 4 atom stereocenters. The van der Waals surface area contributed by atoms with Crippen molar-refractivity contribution in [3.8, 4) is 0 Å². The molecule has 2 aliphatic rings. The second kappa shape index (κ2) is 6.76. The molecule has 1 saturated carbocycles. The molecule has 0 bridgehead atoms. The van der Waals surface area contributed by atoms with E-state index in [1.165, 1.54) is 32.2 Å². The van der Waals surface area contributed by atoms with Gasteiger partial charge in [0.2, 0.25) is 0 Å². The lowest BCUT2D eigenvalue weighted by Gasteiger charge is -2.43. The molecule has 2 fully saturated rings. The zero-order chi connectivity index (χ0) is 14.8. The van der Waals surface area contributed by atoms with Crippen LogP contribution in [0.3, 0.4) is 0 Å². The number of methoxy groups -OCH3 is 1. The van der Waals surface area contributed by atoms with Crippen molar-refractivity contribution in [2.45, 2.75) is 71.6 Å². The van der Waals surface area contributed by atoms with Crippen LogP contribution in [0.4, 0.5) is 0 Å². The van der Waals surface area contributed by atoms with Gasteiger partial charge in [0.1, 0.15) is 0 Å². The van der Waals surface area contributed by atoms with Gasteiger partial charge in [-0.15, -0.1) is 0 Å². The highest BCUT2D eigenvalue weighted by molar-refractivity contribution is 5.02. The molecule has 2 rings (SSSR count). The number of ether oxygens (including phenoxy) is 1. The SMILES string of the molecule is CCCNC1C(N2CCC(C)C(OC)C2)CCC1(C)C. The first kappa shape index (κ1) is 16.3. The Hall–Kier alpha value is -0.120. The van der Waals surface area contributed by atoms with Gasteiger partial charge in [-0.1, -0.05) is 27.7 Å². The van der Waals surface area contributed by atoms with Crippen LogP contribution in [0.1, 0.15) is 53.4 Å². The summed E-state index contributed by atoms with van der Waals surface area (Å²) in [6, 6.07) is 1.33. The zero-order valence-electron chi connectivity index (χ0n) is 14.1. The monoisotopic (exact) mass is 282 g/mol. The van der Waals surface area contributed by atoms with Gasteiger partial charge in [0.25, 0.3) is 0 Å². The smallest absolute Gasteiger partial charge is 0.0724 e. The number of piperidine rings is 1. The molecular formula is C17H34N2O. The summed E-state index contributed by atoms with van der Waals surface area (Å²) in [6.07, 6.45) is 5.58. The lowest BCUT2D eigenvalue weighted by molar-refractivity contribution is -0.0241. The van der Waals surface area contributed by atoms with Crippen molar-refractivity contribution < 1.29 is 4.74 Å². The van der Waals surface area contributed by atoms with Crippen molar-refractivity contribution >= 4 is 0 Å². The van der Waals surface area contributed by atoms with Crippen LogP contribution in [0.15, 0.2) is 0 Å². The second-order valence-electron chi connectivity index (χ2n) is 7.56. The molecule has 0 aromatic carbocycles. The summed E-state index contributed by atoms with van der Waals surface area (Å²) >= 11 is 0. The highest BCUT2D eigenvalue weighted by Gasteiger charge is 2.45. The lowest BCUT2D eigenvalue weighted by atomic mass is 9.85. The Morgan fingerprint density at radius 3 is 2.70 bits per heavy atom. The van der Waals surface area contributed by atoms with E-state index in [4.69, 9.17) is 4.74 Å². The maximum absolute atomic E-state index is 5.70. The first-order chi connectivity index (χ1) is 9.49. The fourth-order valence-electron chi connectivity index (χ4n) is 4.13. The molecule has 20 heavy (non-hydrogen) atoms. The third-order valence-corrected chi connectivity index (χ3v) is 5.62. The van der Waals surface area contributed by atoms with E-state index < -0.39 is 0 Å². The van der Waals surface area contributed by atoms with E-state index in [2.05, 4.69) is 37.9 Å². The molecule has 1 aliphatic heterocycles. The van der Waals surface area contributed by atoms with Crippen LogP contribution in [0.25, 0.3) is 0 Å². The minimum Gasteiger partial charge on any atom is -0.380 e. The normalized spacial score (nSPS) is 38.2. The van der Waals surface area contributed by atoms with Crippen LogP contribution >= 0.6 is 0 Å². The molecule has 4 unspecified atom stereocenters. The van der Waals surface area contributed by atoms with Gasteiger partial charge in [0, 0.05) is 25.7 Å². The van der Waals surface area contributed by atoms with Crippen LogP contribution in [0, 0.1) is 11.3 Å². The average Bonchev–Trinajstić information content (AvgIpc) is 2.72. The van der Waals surface area contributed by atoms with E-state index in [1.807, 2.05) is 7.11 Å².